The second-order valence-electron chi connectivity index (χ2n) is 4.24. The van der Waals surface area contributed by atoms with Crippen molar-refractivity contribution in [2.45, 2.75) is 35.0 Å². The van der Waals surface area contributed by atoms with E-state index in [4.69, 9.17) is 0 Å². The van der Waals surface area contributed by atoms with Gasteiger partial charge in [0, 0.05) is 16.7 Å². The highest BCUT2D eigenvalue weighted by atomic mass is 127. The highest BCUT2D eigenvalue weighted by Gasteiger charge is 2.33. The van der Waals surface area contributed by atoms with Gasteiger partial charge in [0.1, 0.15) is 0 Å². The molecule has 4 heteroatoms. The van der Waals surface area contributed by atoms with Crippen LogP contribution in [-0.2, 0) is 0 Å². The van der Waals surface area contributed by atoms with E-state index in [1.54, 1.807) is 0 Å². The summed E-state index contributed by atoms with van der Waals surface area (Å²) in [6.07, 6.45) is 1.34. The van der Waals surface area contributed by atoms with Crippen LogP contribution in [0.15, 0.2) is 0 Å². The van der Waals surface area contributed by atoms with Crippen molar-refractivity contribution >= 4 is 90.4 Å². The highest BCUT2D eigenvalue weighted by molar-refractivity contribution is 14.1. The van der Waals surface area contributed by atoms with Crippen molar-refractivity contribution in [3.63, 3.8) is 0 Å². The van der Waals surface area contributed by atoms with Crippen molar-refractivity contribution in [1.29, 1.82) is 0 Å². The van der Waals surface area contributed by atoms with Gasteiger partial charge >= 0.3 is 0 Å². The summed E-state index contributed by atoms with van der Waals surface area (Å²) in [5.41, 5.74) is 0.512. The minimum Gasteiger partial charge on any atom is -0.0857 e. The maximum Gasteiger partial charge on any atom is 0.0151 e. The normalized spacial score (nSPS) is 19.1. The Kier molecular flexibility index (Phi) is 9.79. The third kappa shape index (κ3) is 5.50. The molecule has 3 unspecified atom stereocenters. The zero-order valence-corrected chi connectivity index (χ0v) is 17.5. The molecule has 0 saturated heterocycles. The Balaban J connectivity index is 4.34. The molecule has 0 aliphatic heterocycles. The smallest absolute Gasteiger partial charge is 0.0151 e. The SMILES string of the molecule is CC(I)CC(I)C(C)C(C)(CI)CI. The first-order valence-electron chi connectivity index (χ1n) is 4.77. The van der Waals surface area contributed by atoms with Crippen LogP contribution in [0.1, 0.15) is 27.2 Å². The molecule has 0 fully saturated rings. The minimum absolute atomic E-state index is 0.512. The van der Waals surface area contributed by atoms with E-state index >= 15 is 0 Å². The van der Waals surface area contributed by atoms with Crippen molar-refractivity contribution in [1.82, 2.24) is 0 Å². The number of alkyl halides is 4. The lowest BCUT2D eigenvalue weighted by Gasteiger charge is -2.36. The van der Waals surface area contributed by atoms with E-state index in [2.05, 4.69) is 111 Å². The number of hydrogen-bond acceptors (Lipinski definition) is 0. The summed E-state index contributed by atoms with van der Waals surface area (Å²) in [6.45, 7) is 7.16. The van der Waals surface area contributed by atoms with Crippen LogP contribution in [0.5, 0.6) is 0 Å². The fourth-order valence-corrected chi connectivity index (χ4v) is 7.34. The number of halogens is 4. The molecule has 0 aliphatic rings. The van der Waals surface area contributed by atoms with Crippen LogP contribution in [0.4, 0.5) is 0 Å². The molecule has 0 aromatic rings. The Bertz CT molecular complexity index is 154. The molecule has 0 bridgehead atoms. The van der Waals surface area contributed by atoms with E-state index in [-0.39, 0.29) is 0 Å². The fraction of sp³-hybridized carbons (Fsp3) is 1.00. The molecule has 0 rings (SSSR count). The van der Waals surface area contributed by atoms with Crippen molar-refractivity contribution in [2.75, 3.05) is 8.86 Å². The van der Waals surface area contributed by atoms with Gasteiger partial charge in [0.15, 0.2) is 0 Å². The Morgan fingerprint density at radius 3 is 1.79 bits per heavy atom. The van der Waals surface area contributed by atoms with Gasteiger partial charge in [-0.25, -0.2) is 0 Å². The molecule has 0 radical (unpaired) electrons. The third-order valence-corrected chi connectivity index (χ3v) is 8.38. The molecule has 3 atom stereocenters. The summed E-state index contributed by atoms with van der Waals surface area (Å²) in [7, 11) is 0. The molecule has 0 amide bonds. The van der Waals surface area contributed by atoms with Gasteiger partial charge < -0.3 is 0 Å². The summed E-state index contributed by atoms with van der Waals surface area (Å²) in [6, 6.07) is 0. The Morgan fingerprint density at radius 2 is 1.50 bits per heavy atom. The second-order valence-corrected chi connectivity index (χ2v) is 9.49. The maximum absolute atomic E-state index is 2.64. The first-order chi connectivity index (χ1) is 6.37. The topological polar surface area (TPSA) is 0 Å². The van der Waals surface area contributed by atoms with Gasteiger partial charge in [0.05, 0.1) is 0 Å². The molecule has 14 heavy (non-hydrogen) atoms. The predicted octanol–water partition coefficient (Wildman–Crippen LogP) is 5.52. The van der Waals surface area contributed by atoms with E-state index in [1.807, 2.05) is 0 Å². The monoisotopic (exact) mass is 646 g/mol. The average molecular weight is 646 g/mol. The summed E-state index contributed by atoms with van der Waals surface area (Å²) in [5.74, 6) is 0.814. The molecule has 0 N–H and O–H groups in total. The first-order valence-corrected chi connectivity index (χ1v) is 10.3. The lowest BCUT2D eigenvalue weighted by atomic mass is 9.79. The van der Waals surface area contributed by atoms with Gasteiger partial charge in [-0.05, 0) is 17.8 Å². The highest BCUT2D eigenvalue weighted by Crippen LogP contribution is 2.38. The molecule has 0 heterocycles. The Morgan fingerprint density at radius 1 is 1.07 bits per heavy atom. The van der Waals surface area contributed by atoms with Gasteiger partial charge in [-0.1, -0.05) is 111 Å². The Labute approximate surface area is 143 Å². The van der Waals surface area contributed by atoms with Crippen LogP contribution in [0, 0.1) is 11.3 Å². The van der Waals surface area contributed by atoms with Gasteiger partial charge in [0.2, 0.25) is 0 Å². The van der Waals surface area contributed by atoms with Crippen LogP contribution in [0.25, 0.3) is 0 Å². The second kappa shape index (κ2) is 8.10. The van der Waals surface area contributed by atoms with Gasteiger partial charge in [-0.3, -0.25) is 0 Å². The molecule has 0 aromatic carbocycles. The molecular weight excluding hydrogens is 628 g/mol. The van der Waals surface area contributed by atoms with Crippen molar-refractivity contribution in [3.8, 4) is 0 Å². The van der Waals surface area contributed by atoms with Crippen LogP contribution in [0.3, 0.4) is 0 Å². The van der Waals surface area contributed by atoms with Crippen molar-refractivity contribution in [2.24, 2.45) is 11.3 Å². The van der Waals surface area contributed by atoms with Crippen molar-refractivity contribution in [3.05, 3.63) is 0 Å². The fourth-order valence-electron chi connectivity index (χ4n) is 1.23. The quantitative estimate of drug-likeness (QED) is 0.264. The summed E-state index contributed by atoms with van der Waals surface area (Å²) < 4.78 is 4.15. The van der Waals surface area contributed by atoms with E-state index < -0.39 is 0 Å². The molecule has 86 valence electrons. The summed E-state index contributed by atoms with van der Waals surface area (Å²) in [5, 5.41) is 0. The van der Waals surface area contributed by atoms with E-state index in [0.29, 0.717) is 5.41 Å². The minimum atomic E-state index is 0.512. The van der Waals surface area contributed by atoms with Gasteiger partial charge in [-0.2, -0.15) is 0 Å². The number of rotatable bonds is 6. The lowest BCUT2D eigenvalue weighted by molar-refractivity contribution is 0.280. The van der Waals surface area contributed by atoms with E-state index in [9.17, 15) is 0 Å². The van der Waals surface area contributed by atoms with Crippen LogP contribution >= 0.6 is 90.4 Å². The zero-order chi connectivity index (χ0) is 11.4. The first kappa shape index (κ1) is 16.9. The average Bonchev–Trinajstić information content (AvgIpc) is 2.14. The lowest BCUT2D eigenvalue weighted by Crippen LogP contribution is -2.35. The van der Waals surface area contributed by atoms with Gasteiger partial charge in [-0.15, -0.1) is 0 Å². The van der Waals surface area contributed by atoms with Crippen LogP contribution < -0.4 is 0 Å². The van der Waals surface area contributed by atoms with Crippen LogP contribution in [-0.4, -0.2) is 16.7 Å². The molecule has 0 aliphatic carbocycles. The van der Waals surface area contributed by atoms with E-state index in [1.165, 1.54) is 15.3 Å². The molecule has 0 saturated carbocycles. The molecule has 0 nitrogen and oxygen atoms in total. The van der Waals surface area contributed by atoms with E-state index in [0.717, 1.165) is 13.8 Å². The van der Waals surface area contributed by atoms with Crippen molar-refractivity contribution < 1.29 is 0 Å². The summed E-state index contributed by atoms with van der Waals surface area (Å²) >= 11 is 10.3. The summed E-state index contributed by atoms with van der Waals surface area (Å²) in [4.78, 5) is 0. The predicted molar refractivity (Wildman–Crippen MR) is 101 cm³/mol. The number of hydrogen-bond donors (Lipinski definition) is 0. The van der Waals surface area contributed by atoms with Gasteiger partial charge in [0.25, 0.3) is 0 Å². The maximum atomic E-state index is 2.64. The Hall–Kier alpha value is 2.92. The third-order valence-electron chi connectivity index (χ3n) is 2.80. The molecule has 0 spiro atoms. The standard InChI is InChI=1S/C10H18I4/c1-7(13)4-9(14)8(2)10(3,5-11)6-12/h7-9H,4-6H2,1-3H3. The molecular formula is C10H18I4. The van der Waals surface area contributed by atoms with Crippen LogP contribution in [0.2, 0.25) is 0 Å². The largest absolute Gasteiger partial charge is 0.0857 e. The molecule has 0 aromatic heterocycles. The zero-order valence-electron chi connectivity index (χ0n) is 8.87.